The Morgan fingerprint density at radius 1 is 1.38 bits per heavy atom. The van der Waals surface area contributed by atoms with E-state index in [2.05, 4.69) is 10.5 Å². The molecule has 0 aromatic carbocycles. The Balaban J connectivity index is 1.54. The maximum atomic E-state index is 12.6. The first kappa shape index (κ1) is 18.2. The SMILES string of the molecule is CCc1cnoc1C(=O)N(C)C1CCC(NC(=O)Cc2occc2C)C1. The van der Waals surface area contributed by atoms with Gasteiger partial charge in [0.2, 0.25) is 11.7 Å². The summed E-state index contributed by atoms with van der Waals surface area (Å²) in [6.45, 7) is 3.89. The number of aryl methyl sites for hydroxylation is 2. The fraction of sp³-hybridized carbons (Fsp3) is 0.526. The predicted octanol–water partition coefficient (Wildman–Crippen LogP) is 2.49. The van der Waals surface area contributed by atoms with Crippen LogP contribution < -0.4 is 5.32 Å². The van der Waals surface area contributed by atoms with Crippen molar-refractivity contribution in [1.29, 1.82) is 0 Å². The average Bonchev–Trinajstić information content (AvgIpc) is 3.35. The van der Waals surface area contributed by atoms with Crippen molar-refractivity contribution in [3.63, 3.8) is 0 Å². The number of hydrogen-bond donors (Lipinski definition) is 1. The van der Waals surface area contributed by atoms with Crippen LogP contribution in [0.4, 0.5) is 0 Å². The maximum absolute atomic E-state index is 12.6. The second-order valence-corrected chi connectivity index (χ2v) is 6.88. The highest BCUT2D eigenvalue weighted by Gasteiger charge is 2.33. The van der Waals surface area contributed by atoms with Crippen molar-refractivity contribution in [3.05, 3.63) is 41.2 Å². The number of rotatable bonds is 6. The van der Waals surface area contributed by atoms with Gasteiger partial charge in [0.05, 0.1) is 18.9 Å². The van der Waals surface area contributed by atoms with E-state index in [1.165, 1.54) is 0 Å². The van der Waals surface area contributed by atoms with Gasteiger partial charge in [0, 0.05) is 24.7 Å². The van der Waals surface area contributed by atoms with Gasteiger partial charge in [-0.1, -0.05) is 12.1 Å². The number of carbonyl (C=O) groups is 2. The van der Waals surface area contributed by atoms with Gasteiger partial charge in [-0.2, -0.15) is 0 Å². The van der Waals surface area contributed by atoms with E-state index >= 15 is 0 Å². The standard InChI is InChI=1S/C19H25N3O4/c1-4-13-11-20-26-18(13)19(24)22(3)15-6-5-14(9-15)21-17(23)10-16-12(2)7-8-25-16/h7-8,11,14-15H,4-6,9-10H2,1-3H3,(H,21,23). The van der Waals surface area contributed by atoms with Crippen LogP contribution >= 0.6 is 0 Å². The molecule has 140 valence electrons. The molecule has 1 fully saturated rings. The molecule has 1 N–H and O–H groups in total. The number of aromatic nitrogens is 1. The van der Waals surface area contributed by atoms with E-state index in [1.807, 2.05) is 19.9 Å². The number of nitrogens with one attached hydrogen (secondary N) is 1. The Bertz CT molecular complexity index is 779. The third-order valence-electron chi connectivity index (χ3n) is 5.15. The third kappa shape index (κ3) is 3.81. The molecular weight excluding hydrogens is 334 g/mol. The largest absolute Gasteiger partial charge is 0.469 e. The van der Waals surface area contributed by atoms with Crippen LogP contribution in [0.3, 0.4) is 0 Å². The molecule has 2 heterocycles. The second kappa shape index (κ2) is 7.76. The summed E-state index contributed by atoms with van der Waals surface area (Å²) in [7, 11) is 1.78. The molecule has 1 saturated carbocycles. The smallest absolute Gasteiger partial charge is 0.292 e. The van der Waals surface area contributed by atoms with Crippen LogP contribution in [0, 0.1) is 6.92 Å². The molecule has 26 heavy (non-hydrogen) atoms. The fourth-order valence-electron chi connectivity index (χ4n) is 3.46. The summed E-state index contributed by atoms with van der Waals surface area (Å²) >= 11 is 0. The molecule has 0 spiro atoms. The second-order valence-electron chi connectivity index (χ2n) is 6.88. The fourth-order valence-corrected chi connectivity index (χ4v) is 3.46. The minimum atomic E-state index is -0.150. The molecule has 0 aliphatic heterocycles. The van der Waals surface area contributed by atoms with E-state index in [9.17, 15) is 9.59 Å². The third-order valence-corrected chi connectivity index (χ3v) is 5.15. The van der Waals surface area contributed by atoms with Crippen LogP contribution in [0.5, 0.6) is 0 Å². The Kier molecular flexibility index (Phi) is 5.44. The first-order valence-electron chi connectivity index (χ1n) is 9.02. The molecule has 7 nitrogen and oxygen atoms in total. The molecule has 1 aliphatic rings. The Morgan fingerprint density at radius 3 is 2.88 bits per heavy atom. The molecule has 2 atom stereocenters. The summed E-state index contributed by atoms with van der Waals surface area (Å²) in [6, 6.07) is 1.99. The molecule has 0 bridgehead atoms. The van der Waals surface area contributed by atoms with Gasteiger partial charge in [-0.05, 0) is 44.2 Å². The van der Waals surface area contributed by atoms with Crippen LogP contribution in [-0.4, -0.2) is 41.0 Å². The van der Waals surface area contributed by atoms with Crippen molar-refractivity contribution in [1.82, 2.24) is 15.4 Å². The Hall–Kier alpha value is -2.57. The molecule has 2 aromatic heterocycles. The first-order chi connectivity index (χ1) is 12.5. The van der Waals surface area contributed by atoms with Gasteiger partial charge in [0.25, 0.3) is 5.91 Å². The van der Waals surface area contributed by atoms with Crippen molar-refractivity contribution < 1.29 is 18.5 Å². The maximum Gasteiger partial charge on any atom is 0.292 e. The Morgan fingerprint density at radius 2 is 2.19 bits per heavy atom. The normalized spacial score (nSPS) is 19.5. The van der Waals surface area contributed by atoms with Gasteiger partial charge in [-0.25, -0.2) is 0 Å². The van der Waals surface area contributed by atoms with Crippen molar-refractivity contribution in [2.75, 3.05) is 7.05 Å². The van der Waals surface area contributed by atoms with E-state index < -0.39 is 0 Å². The average molecular weight is 359 g/mol. The topological polar surface area (TPSA) is 88.6 Å². The highest BCUT2D eigenvalue weighted by atomic mass is 16.5. The molecule has 7 heteroatoms. The lowest BCUT2D eigenvalue weighted by atomic mass is 10.1. The molecule has 2 unspecified atom stereocenters. The minimum absolute atomic E-state index is 0.0498. The quantitative estimate of drug-likeness (QED) is 0.856. The number of carbonyl (C=O) groups excluding carboxylic acids is 2. The molecule has 0 radical (unpaired) electrons. The van der Waals surface area contributed by atoms with Gasteiger partial charge in [-0.3, -0.25) is 9.59 Å². The van der Waals surface area contributed by atoms with Gasteiger partial charge in [0.15, 0.2) is 0 Å². The van der Waals surface area contributed by atoms with Crippen molar-refractivity contribution in [2.45, 2.75) is 58.0 Å². The summed E-state index contributed by atoms with van der Waals surface area (Å²) in [5.41, 5.74) is 1.80. The van der Waals surface area contributed by atoms with Crippen LogP contribution in [0.1, 0.15) is 53.6 Å². The lowest BCUT2D eigenvalue weighted by Gasteiger charge is -2.24. The molecule has 1 aliphatic carbocycles. The first-order valence-corrected chi connectivity index (χ1v) is 9.02. The lowest BCUT2D eigenvalue weighted by molar-refractivity contribution is -0.121. The summed E-state index contributed by atoms with van der Waals surface area (Å²) in [5.74, 6) is 0.811. The summed E-state index contributed by atoms with van der Waals surface area (Å²) in [4.78, 5) is 26.6. The summed E-state index contributed by atoms with van der Waals surface area (Å²) in [5, 5.41) is 6.78. The van der Waals surface area contributed by atoms with E-state index in [-0.39, 0.29) is 30.3 Å². The zero-order valence-corrected chi connectivity index (χ0v) is 15.4. The summed E-state index contributed by atoms with van der Waals surface area (Å²) < 4.78 is 10.5. The zero-order chi connectivity index (χ0) is 18.7. The number of furan rings is 1. The van der Waals surface area contributed by atoms with Crippen LogP contribution in [0.15, 0.2) is 27.5 Å². The number of hydrogen-bond acceptors (Lipinski definition) is 5. The molecule has 0 saturated heterocycles. The van der Waals surface area contributed by atoms with E-state index in [0.29, 0.717) is 17.9 Å². The number of amides is 2. The van der Waals surface area contributed by atoms with Crippen LogP contribution in [0.2, 0.25) is 0 Å². The van der Waals surface area contributed by atoms with Crippen LogP contribution in [-0.2, 0) is 17.6 Å². The number of nitrogens with zero attached hydrogens (tertiary/aromatic N) is 2. The zero-order valence-electron chi connectivity index (χ0n) is 15.4. The van der Waals surface area contributed by atoms with E-state index in [0.717, 1.165) is 30.4 Å². The molecule has 2 amide bonds. The van der Waals surface area contributed by atoms with Gasteiger partial charge in [-0.15, -0.1) is 0 Å². The van der Waals surface area contributed by atoms with E-state index in [1.54, 1.807) is 24.4 Å². The monoisotopic (exact) mass is 359 g/mol. The van der Waals surface area contributed by atoms with Gasteiger partial charge in [0.1, 0.15) is 5.76 Å². The van der Waals surface area contributed by atoms with Crippen LogP contribution in [0.25, 0.3) is 0 Å². The van der Waals surface area contributed by atoms with Gasteiger partial charge >= 0.3 is 0 Å². The molecule has 2 aromatic rings. The highest BCUT2D eigenvalue weighted by molar-refractivity contribution is 5.92. The predicted molar refractivity (Wildman–Crippen MR) is 94.7 cm³/mol. The van der Waals surface area contributed by atoms with E-state index in [4.69, 9.17) is 8.94 Å². The highest BCUT2D eigenvalue weighted by Crippen LogP contribution is 2.25. The molecule has 3 rings (SSSR count). The minimum Gasteiger partial charge on any atom is -0.469 e. The molecular formula is C19H25N3O4. The van der Waals surface area contributed by atoms with Crippen molar-refractivity contribution in [3.8, 4) is 0 Å². The Labute approximate surface area is 152 Å². The van der Waals surface area contributed by atoms with Gasteiger partial charge < -0.3 is 19.2 Å². The lowest BCUT2D eigenvalue weighted by Crippen LogP contribution is -2.39. The summed E-state index contributed by atoms with van der Waals surface area (Å²) in [6.07, 6.45) is 6.57. The van der Waals surface area contributed by atoms with Crippen molar-refractivity contribution in [2.24, 2.45) is 0 Å². The van der Waals surface area contributed by atoms with Crippen molar-refractivity contribution >= 4 is 11.8 Å².